The highest BCUT2D eigenvalue weighted by molar-refractivity contribution is 5.89. The Morgan fingerprint density at radius 1 is 1.04 bits per heavy atom. The number of nitrogens with one attached hydrogen (secondary N) is 2. The van der Waals surface area contributed by atoms with E-state index in [-0.39, 0.29) is 12.0 Å². The first kappa shape index (κ1) is 18.8. The predicted octanol–water partition coefficient (Wildman–Crippen LogP) is 3.33. The van der Waals surface area contributed by atoms with E-state index in [1.54, 1.807) is 38.3 Å². The molecule has 0 aliphatic heterocycles. The number of ether oxygens (including phenoxy) is 2. The molecule has 0 atom stereocenters. The van der Waals surface area contributed by atoms with Gasteiger partial charge in [-0.25, -0.2) is 4.79 Å². The molecule has 2 N–H and O–H groups in total. The first-order valence-corrected chi connectivity index (χ1v) is 8.00. The minimum Gasteiger partial charge on any atom is -0.497 e. The second-order valence-corrected chi connectivity index (χ2v) is 5.08. The molecule has 0 spiro atoms. The molecule has 2 amide bonds. The van der Waals surface area contributed by atoms with Crippen molar-refractivity contribution in [2.24, 2.45) is 0 Å². The van der Waals surface area contributed by atoms with Crippen molar-refractivity contribution in [2.45, 2.75) is 39.0 Å². The molecule has 0 aliphatic carbocycles. The van der Waals surface area contributed by atoms with Crippen LogP contribution in [0.5, 0.6) is 5.75 Å². The maximum atomic E-state index is 11.7. The van der Waals surface area contributed by atoms with Crippen molar-refractivity contribution in [1.82, 2.24) is 5.32 Å². The lowest BCUT2D eigenvalue weighted by atomic mass is 10.1. The largest absolute Gasteiger partial charge is 0.497 e. The fourth-order valence-electron chi connectivity index (χ4n) is 2.03. The number of amides is 2. The molecule has 0 bridgehead atoms. The molecule has 0 fully saturated rings. The molecule has 0 unspecified atom stereocenters. The summed E-state index contributed by atoms with van der Waals surface area (Å²) in [6.07, 6.45) is 4.12. The van der Waals surface area contributed by atoms with Gasteiger partial charge in [0.15, 0.2) is 0 Å². The van der Waals surface area contributed by atoms with Gasteiger partial charge in [-0.1, -0.05) is 12.8 Å². The van der Waals surface area contributed by atoms with Gasteiger partial charge in [-0.2, -0.15) is 0 Å². The van der Waals surface area contributed by atoms with Crippen molar-refractivity contribution in [3.63, 3.8) is 0 Å². The average Bonchev–Trinajstić information content (AvgIpc) is 2.55. The number of benzene rings is 1. The number of esters is 1. The number of unbranched alkanes of at least 4 members (excludes halogenated alkanes) is 3. The van der Waals surface area contributed by atoms with Crippen LogP contribution >= 0.6 is 0 Å². The van der Waals surface area contributed by atoms with Crippen molar-refractivity contribution >= 4 is 17.7 Å². The van der Waals surface area contributed by atoms with Gasteiger partial charge in [0.2, 0.25) is 0 Å². The summed E-state index contributed by atoms with van der Waals surface area (Å²) >= 11 is 0. The van der Waals surface area contributed by atoms with Gasteiger partial charge in [0, 0.05) is 18.7 Å². The molecule has 0 saturated heterocycles. The van der Waals surface area contributed by atoms with E-state index in [4.69, 9.17) is 9.47 Å². The number of rotatable bonds is 10. The van der Waals surface area contributed by atoms with Gasteiger partial charge < -0.3 is 20.1 Å². The Kier molecular flexibility index (Phi) is 9.28. The zero-order chi connectivity index (χ0) is 16.9. The first-order valence-electron chi connectivity index (χ1n) is 8.00. The minimum atomic E-state index is -0.221. The first-order chi connectivity index (χ1) is 11.2. The van der Waals surface area contributed by atoms with Crippen LogP contribution in [-0.2, 0) is 9.53 Å². The lowest BCUT2D eigenvalue weighted by Crippen LogP contribution is -2.29. The molecule has 1 aromatic carbocycles. The molecule has 6 heteroatoms. The van der Waals surface area contributed by atoms with Gasteiger partial charge in [0.25, 0.3) is 0 Å². The Balaban J connectivity index is 2.04. The summed E-state index contributed by atoms with van der Waals surface area (Å²) in [5.74, 6) is 0.614. The Morgan fingerprint density at radius 2 is 1.74 bits per heavy atom. The summed E-state index contributed by atoms with van der Waals surface area (Å²) in [6.45, 7) is 2.86. The summed E-state index contributed by atoms with van der Waals surface area (Å²) < 4.78 is 9.92. The molecule has 0 heterocycles. The van der Waals surface area contributed by atoms with Crippen molar-refractivity contribution in [1.29, 1.82) is 0 Å². The molecule has 0 aromatic heterocycles. The Morgan fingerprint density at radius 3 is 2.39 bits per heavy atom. The second-order valence-electron chi connectivity index (χ2n) is 5.08. The Labute approximate surface area is 137 Å². The van der Waals surface area contributed by atoms with Gasteiger partial charge in [-0.05, 0) is 44.0 Å². The number of carbonyl (C=O) groups excluding carboxylic acids is 2. The zero-order valence-corrected chi connectivity index (χ0v) is 13.9. The summed E-state index contributed by atoms with van der Waals surface area (Å²) in [7, 11) is 1.60. The maximum Gasteiger partial charge on any atom is 0.319 e. The SMILES string of the molecule is CCOC(=O)CCCCCCNC(=O)Nc1ccc(OC)cc1. The lowest BCUT2D eigenvalue weighted by molar-refractivity contribution is -0.143. The molecule has 0 aliphatic rings. The molecule has 6 nitrogen and oxygen atoms in total. The molecular formula is C17H26N2O4. The van der Waals surface area contributed by atoms with Crippen LogP contribution in [-0.4, -0.2) is 32.3 Å². The van der Waals surface area contributed by atoms with E-state index in [0.717, 1.165) is 37.1 Å². The smallest absolute Gasteiger partial charge is 0.319 e. The van der Waals surface area contributed by atoms with Crippen molar-refractivity contribution < 1.29 is 19.1 Å². The number of urea groups is 1. The summed E-state index contributed by atoms with van der Waals surface area (Å²) in [5.41, 5.74) is 0.720. The topological polar surface area (TPSA) is 76.7 Å². The average molecular weight is 322 g/mol. The van der Waals surface area contributed by atoms with Gasteiger partial charge in [0.1, 0.15) is 5.75 Å². The highest BCUT2D eigenvalue weighted by Crippen LogP contribution is 2.14. The number of hydrogen-bond donors (Lipinski definition) is 2. The van der Waals surface area contributed by atoms with Crippen LogP contribution in [0.4, 0.5) is 10.5 Å². The van der Waals surface area contributed by atoms with Crippen molar-refractivity contribution in [3.8, 4) is 5.75 Å². The van der Waals surface area contributed by atoms with E-state index in [0.29, 0.717) is 19.6 Å². The molecule has 0 saturated carbocycles. The quantitative estimate of drug-likeness (QED) is 0.512. The normalized spacial score (nSPS) is 10.0. The number of carbonyl (C=O) groups is 2. The van der Waals surface area contributed by atoms with E-state index in [2.05, 4.69) is 10.6 Å². The zero-order valence-electron chi connectivity index (χ0n) is 13.9. The van der Waals surface area contributed by atoms with Gasteiger partial charge >= 0.3 is 12.0 Å². The van der Waals surface area contributed by atoms with Gasteiger partial charge in [-0.3, -0.25) is 4.79 Å². The minimum absolute atomic E-state index is 0.135. The number of methoxy groups -OCH3 is 1. The second kappa shape index (κ2) is 11.3. The van der Waals surface area contributed by atoms with Crippen LogP contribution in [0.2, 0.25) is 0 Å². The third-order valence-electron chi connectivity index (χ3n) is 3.25. The maximum absolute atomic E-state index is 11.7. The van der Waals surface area contributed by atoms with Crippen molar-refractivity contribution in [2.75, 3.05) is 25.6 Å². The Bertz CT molecular complexity index is 474. The third-order valence-corrected chi connectivity index (χ3v) is 3.25. The highest BCUT2D eigenvalue weighted by atomic mass is 16.5. The third kappa shape index (κ3) is 8.70. The number of hydrogen-bond acceptors (Lipinski definition) is 4. The van der Waals surface area contributed by atoms with Crippen LogP contribution in [0, 0.1) is 0 Å². The van der Waals surface area contributed by atoms with Crippen LogP contribution in [0.15, 0.2) is 24.3 Å². The van der Waals surface area contributed by atoms with E-state index in [1.807, 2.05) is 0 Å². The van der Waals surface area contributed by atoms with Crippen LogP contribution in [0.3, 0.4) is 0 Å². The monoisotopic (exact) mass is 322 g/mol. The van der Waals surface area contributed by atoms with Gasteiger partial charge in [0.05, 0.1) is 13.7 Å². The summed E-state index contributed by atoms with van der Waals surface area (Å²) in [5, 5.41) is 5.56. The predicted molar refractivity (Wildman–Crippen MR) is 89.7 cm³/mol. The van der Waals surface area contributed by atoms with E-state index in [1.165, 1.54) is 0 Å². The Hall–Kier alpha value is -2.24. The summed E-state index contributed by atoms with van der Waals surface area (Å²) in [6, 6.07) is 6.93. The molecule has 128 valence electrons. The number of anilines is 1. The fourth-order valence-corrected chi connectivity index (χ4v) is 2.03. The molecule has 23 heavy (non-hydrogen) atoms. The van der Waals surface area contributed by atoms with Gasteiger partial charge in [-0.15, -0.1) is 0 Å². The van der Waals surface area contributed by atoms with E-state index < -0.39 is 0 Å². The standard InChI is InChI=1S/C17H26N2O4/c1-3-23-16(20)8-6-4-5-7-13-18-17(21)19-14-9-11-15(22-2)12-10-14/h9-12H,3-8,13H2,1-2H3,(H2,18,19,21). The molecule has 0 radical (unpaired) electrons. The fraction of sp³-hybridized carbons (Fsp3) is 0.529. The highest BCUT2D eigenvalue weighted by Gasteiger charge is 2.02. The van der Waals surface area contributed by atoms with Crippen LogP contribution < -0.4 is 15.4 Å². The van der Waals surface area contributed by atoms with Crippen molar-refractivity contribution in [3.05, 3.63) is 24.3 Å². The van der Waals surface area contributed by atoms with Crippen LogP contribution in [0.25, 0.3) is 0 Å². The summed E-state index contributed by atoms with van der Waals surface area (Å²) in [4.78, 5) is 22.8. The molecule has 1 aromatic rings. The van der Waals surface area contributed by atoms with E-state index in [9.17, 15) is 9.59 Å². The van der Waals surface area contributed by atoms with E-state index >= 15 is 0 Å². The molecule has 1 rings (SSSR count). The molecular weight excluding hydrogens is 296 g/mol. The van der Waals surface area contributed by atoms with Crippen LogP contribution in [0.1, 0.15) is 39.0 Å². The lowest BCUT2D eigenvalue weighted by Gasteiger charge is -2.08.